The van der Waals surface area contributed by atoms with Gasteiger partial charge >= 0.3 is 5.97 Å². The van der Waals surface area contributed by atoms with Gasteiger partial charge in [0.1, 0.15) is 0 Å². The Morgan fingerprint density at radius 2 is 2.13 bits per heavy atom. The van der Waals surface area contributed by atoms with Crippen LogP contribution in [0, 0.1) is 0 Å². The first-order chi connectivity index (χ1) is 7.29. The fourth-order valence-electron chi connectivity index (χ4n) is 2.13. The summed E-state index contributed by atoms with van der Waals surface area (Å²) in [6.45, 7) is 0. The van der Waals surface area contributed by atoms with Gasteiger partial charge in [0.15, 0.2) is 0 Å². The highest BCUT2D eigenvalue weighted by atomic mass is 16.5. The van der Waals surface area contributed by atoms with E-state index in [1.165, 1.54) is 43.1 Å². The molecule has 0 atom stereocenters. The summed E-state index contributed by atoms with van der Waals surface area (Å²) in [4.78, 5) is 11.0. The van der Waals surface area contributed by atoms with Crippen molar-refractivity contribution in [3.63, 3.8) is 0 Å². The summed E-state index contributed by atoms with van der Waals surface area (Å²) in [6.07, 6.45) is 4.96. The smallest absolute Gasteiger partial charge is 0.305 e. The van der Waals surface area contributed by atoms with Gasteiger partial charge < -0.3 is 4.74 Å². The molecule has 0 amide bonds. The van der Waals surface area contributed by atoms with Gasteiger partial charge in [0.2, 0.25) is 0 Å². The Kier molecular flexibility index (Phi) is 3.05. The molecule has 0 aromatic heterocycles. The van der Waals surface area contributed by atoms with E-state index in [1.54, 1.807) is 0 Å². The van der Waals surface area contributed by atoms with Crippen molar-refractivity contribution in [2.45, 2.75) is 32.1 Å². The average Bonchev–Trinajstić information content (AvgIpc) is 2.72. The normalized spacial score (nSPS) is 13.7. The molecule has 0 bridgehead atoms. The van der Waals surface area contributed by atoms with Crippen LogP contribution < -0.4 is 0 Å². The largest absolute Gasteiger partial charge is 0.469 e. The molecule has 2 heteroatoms. The summed E-state index contributed by atoms with van der Waals surface area (Å²) >= 11 is 0. The number of benzene rings is 1. The maximum Gasteiger partial charge on any atom is 0.305 e. The molecule has 0 fully saturated rings. The molecule has 0 radical (unpaired) electrons. The van der Waals surface area contributed by atoms with Crippen LogP contribution in [0.5, 0.6) is 0 Å². The summed E-state index contributed by atoms with van der Waals surface area (Å²) in [5.41, 5.74) is 4.20. The lowest BCUT2D eigenvalue weighted by Crippen LogP contribution is -2.02. The summed E-state index contributed by atoms with van der Waals surface area (Å²) < 4.78 is 4.63. The second-order valence-corrected chi connectivity index (χ2v) is 4.03. The van der Waals surface area contributed by atoms with Gasteiger partial charge in [0.25, 0.3) is 0 Å². The number of ether oxygens (including phenoxy) is 1. The molecule has 1 aromatic rings. The minimum Gasteiger partial charge on any atom is -0.469 e. The number of hydrogen-bond acceptors (Lipinski definition) is 2. The second-order valence-electron chi connectivity index (χ2n) is 4.03. The number of methoxy groups -OCH3 is 1. The van der Waals surface area contributed by atoms with Crippen LogP contribution in [-0.4, -0.2) is 13.1 Å². The lowest BCUT2D eigenvalue weighted by molar-refractivity contribution is -0.140. The third-order valence-corrected chi connectivity index (χ3v) is 3.01. The highest BCUT2D eigenvalue weighted by Crippen LogP contribution is 2.23. The van der Waals surface area contributed by atoms with Crippen molar-refractivity contribution in [1.82, 2.24) is 0 Å². The minimum absolute atomic E-state index is 0.129. The maximum atomic E-state index is 11.0. The molecule has 0 N–H and O–H groups in total. The van der Waals surface area contributed by atoms with Crippen molar-refractivity contribution in [1.29, 1.82) is 0 Å². The Morgan fingerprint density at radius 1 is 1.33 bits per heavy atom. The molecule has 0 aliphatic heterocycles. The SMILES string of the molecule is COC(=O)CCc1ccc2c(c1)CCC2. The molecule has 2 nitrogen and oxygen atoms in total. The maximum absolute atomic E-state index is 11.0. The van der Waals surface area contributed by atoms with Gasteiger partial charge in [-0.05, 0) is 42.4 Å². The summed E-state index contributed by atoms with van der Waals surface area (Å²) in [5.74, 6) is -0.129. The molecule has 0 saturated carbocycles. The number of rotatable bonds is 3. The fourth-order valence-corrected chi connectivity index (χ4v) is 2.13. The molecule has 80 valence electrons. The highest BCUT2D eigenvalue weighted by molar-refractivity contribution is 5.69. The zero-order valence-electron chi connectivity index (χ0n) is 9.08. The number of fused-ring (bicyclic) bond motifs is 1. The van der Waals surface area contributed by atoms with Gasteiger partial charge in [-0.3, -0.25) is 4.79 Å². The van der Waals surface area contributed by atoms with E-state index in [0.717, 1.165) is 6.42 Å². The van der Waals surface area contributed by atoms with Crippen LogP contribution in [0.15, 0.2) is 18.2 Å². The molecule has 0 heterocycles. The van der Waals surface area contributed by atoms with Crippen LogP contribution in [0.4, 0.5) is 0 Å². The van der Waals surface area contributed by atoms with Crippen molar-refractivity contribution in [2.24, 2.45) is 0 Å². The molecule has 1 aliphatic rings. The minimum atomic E-state index is -0.129. The zero-order valence-corrected chi connectivity index (χ0v) is 9.08. The number of aryl methyl sites for hydroxylation is 3. The van der Waals surface area contributed by atoms with E-state index >= 15 is 0 Å². The van der Waals surface area contributed by atoms with Crippen molar-refractivity contribution in [3.8, 4) is 0 Å². The van der Waals surface area contributed by atoms with Crippen molar-refractivity contribution >= 4 is 5.97 Å². The Hall–Kier alpha value is -1.31. The Morgan fingerprint density at radius 3 is 2.93 bits per heavy atom. The van der Waals surface area contributed by atoms with Crippen molar-refractivity contribution in [3.05, 3.63) is 34.9 Å². The highest BCUT2D eigenvalue weighted by Gasteiger charge is 2.11. The topological polar surface area (TPSA) is 26.3 Å². The Balaban J connectivity index is 2.01. The van der Waals surface area contributed by atoms with E-state index < -0.39 is 0 Å². The van der Waals surface area contributed by atoms with Crippen LogP contribution >= 0.6 is 0 Å². The third kappa shape index (κ3) is 2.38. The molecule has 0 saturated heterocycles. The number of carbonyl (C=O) groups is 1. The second kappa shape index (κ2) is 4.47. The lowest BCUT2D eigenvalue weighted by Gasteiger charge is -2.04. The quantitative estimate of drug-likeness (QED) is 0.706. The predicted octanol–water partition coefficient (Wildman–Crippen LogP) is 2.28. The van der Waals surface area contributed by atoms with Gasteiger partial charge in [-0.2, -0.15) is 0 Å². The molecule has 0 unspecified atom stereocenters. The number of carbonyl (C=O) groups excluding carboxylic acids is 1. The van der Waals surface area contributed by atoms with Gasteiger partial charge in [-0.25, -0.2) is 0 Å². The van der Waals surface area contributed by atoms with E-state index in [0.29, 0.717) is 6.42 Å². The van der Waals surface area contributed by atoms with Crippen LogP contribution in [0.25, 0.3) is 0 Å². The molecule has 1 aliphatic carbocycles. The Labute approximate surface area is 90.3 Å². The monoisotopic (exact) mass is 204 g/mol. The van der Waals surface area contributed by atoms with Crippen LogP contribution in [0.3, 0.4) is 0 Å². The van der Waals surface area contributed by atoms with E-state index in [9.17, 15) is 4.79 Å². The molecule has 1 aromatic carbocycles. The van der Waals surface area contributed by atoms with E-state index in [4.69, 9.17) is 0 Å². The zero-order chi connectivity index (χ0) is 10.7. The van der Waals surface area contributed by atoms with Gasteiger partial charge in [-0.15, -0.1) is 0 Å². The van der Waals surface area contributed by atoms with Gasteiger partial charge in [0, 0.05) is 6.42 Å². The number of hydrogen-bond donors (Lipinski definition) is 0. The van der Waals surface area contributed by atoms with Crippen molar-refractivity contribution < 1.29 is 9.53 Å². The molecule has 15 heavy (non-hydrogen) atoms. The third-order valence-electron chi connectivity index (χ3n) is 3.01. The van der Waals surface area contributed by atoms with Crippen LogP contribution in [-0.2, 0) is 28.8 Å². The van der Waals surface area contributed by atoms with Crippen LogP contribution in [0.2, 0.25) is 0 Å². The fraction of sp³-hybridized carbons (Fsp3) is 0.462. The van der Waals surface area contributed by atoms with Gasteiger partial charge in [0.05, 0.1) is 7.11 Å². The lowest BCUT2D eigenvalue weighted by atomic mass is 10.0. The summed E-state index contributed by atoms with van der Waals surface area (Å²) in [5, 5.41) is 0. The van der Waals surface area contributed by atoms with E-state index in [-0.39, 0.29) is 5.97 Å². The molecular weight excluding hydrogens is 188 g/mol. The first-order valence-corrected chi connectivity index (χ1v) is 5.47. The van der Waals surface area contributed by atoms with E-state index in [2.05, 4.69) is 22.9 Å². The predicted molar refractivity (Wildman–Crippen MR) is 58.8 cm³/mol. The number of esters is 1. The average molecular weight is 204 g/mol. The first kappa shape index (κ1) is 10.2. The van der Waals surface area contributed by atoms with Gasteiger partial charge in [-0.1, -0.05) is 18.2 Å². The van der Waals surface area contributed by atoms with E-state index in [1.807, 2.05) is 0 Å². The first-order valence-electron chi connectivity index (χ1n) is 5.47. The summed E-state index contributed by atoms with van der Waals surface area (Å²) in [7, 11) is 1.44. The molecule has 0 spiro atoms. The van der Waals surface area contributed by atoms with Crippen molar-refractivity contribution in [2.75, 3.05) is 7.11 Å². The molecule has 2 rings (SSSR count). The summed E-state index contributed by atoms with van der Waals surface area (Å²) in [6, 6.07) is 6.58. The molecular formula is C13H16O2. The standard InChI is InChI=1S/C13H16O2/c1-15-13(14)8-6-10-5-7-11-3-2-4-12(11)9-10/h5,7,9H,2-4,6,8H2,1H3. The van der Waals surface area contributed by atoms with Crippen LogP contribution in [0.1, 0.15) is 29.5 Å². The Bertz CT molecular complexity index is 369.